The fraction of sp³-hybridized carbons (Fsp3) is 0.476. The molecular formula is C21H31N5O3. The molecule has 1 aromatic heterocycles. The van der Waals surface area contributed by atoms with Crippen LogP contribution in [0.2, 0.25) is 0 Å². The summed E-state index contributed by atoms with van der Waals surface area (Å²) >= 11 is 0. The number of oxazole rings is 1. The summed E-state index contributed by atoms with van der Waals surface area (Å²) in [5.74, 6) is 1.09. The molecule has 2 N–H and O–H groups in total. The van der Waals surface area contributed by atoms with Crippen LogP contribution in [-0.2, 0) is 16.1 Å². The minimum Gasteiger partial charge on any atom is -0.444 e. The van der Waals surface area contributed by atoms with E-state index in [9.17, 15) is 4.79 Å². The zero-order chi connectivity index (χ0) is 21.1. The van der Waals surface area contributed by atoms with E-state index in [1.165, 1.54) is 10.5 Å². The van der Waals surface area contributed by atoms with Crippen LogP contribution in [0.3, 0.4) is 0 Å². The van der Waals surface area contributed by atoms with Gasteiger partial charge in [0.15, 0.2) is 5.96 Å². The zero-order valence-electron chi connectivity index (χ0n) is 17.7. The summed E-state index contributed by atoms with van der Waals surface area (Å²) in [6, 6.07) is 8.00. The lowest BCUT2D eigenvalue weighted by Gasteiger charge is -2.14. The maximum atomic E-state index is 11.9. The Morgan fingerprint density at radius 2 is 2.00 bits per heavy atom. The number of guanidine groups is 1. The van der Waals surface area contributed by atoms with E-state index in [-0.39, 0.29) is 12.5 Å². The third-order valence-electron chi connectivity index (χ3n) is 4.12. The number of hydrogen-bond acceptors (Lipinski definition) is 5. The summed E-state index contributed by atoms with van der Waals surface area (Å²) in [5, 5.41) is 6.27. The first kappa shape index (κ1) is 22.4. The highest BCUT2D eigenvalue weighted by atomic mass is 16.5. The smallest absolute Gasteiger partial charge is 0.241 e. The zero-order valence-corrected chi connectivity index (χ0v) is 17.7. The molecule has 2 aromatic rings. The van der Waals surface area contributed by atoms with E-state index in [1.807, 2.05) is 38.1 Å². The molecule has 1 aromatic carbocycles. The van der Waals surface area contributed by atoms with Crippen molar-refractivity contribution in [2.75, 3.05) is 40.4 Å². The summed E-state index contributed by atoms with van der Waals surface area (Å²) < 4.78 is 10.9. The molecule has 0 saturated heterocycles. The van der Waals surface area contributed by atoms with E-state index >= 15 is 0 Å². The first-order chi connectivity index (χ1) is 14.0. The third-order valence-corrected chi connectivity index (χ3v) is 4.12. The Morgan fingerprint density at radius 3 is 2.69 bits per heavy atom. The third kappa shape index (κ3) is 7.95. The lowest BCUT2D eigenvalue weighted by Crippen LogP contribution is -2.43. The number of amides is 1. The first-order valence-corrected chi connectivity index (χ1v) is 9.81. The Kier molecular flexibility index (Phi) is 9.17. The quantitative estimate of drug-likeness (QED) is 0.360. The van der Waals surface area contributed by atoms with Crippen molar-refractivity contribution < 1.29 is 13.9 Å². The molecule has 0 spiro atoms. The van der Waals surface area contributed by atoms with Gasteiger partial charge < -0.3 is 24.7 Å². The molecule has 0 saturated carbocycles. The lowest BCUT2D eigenvalue weighted by atomic mass is 10.1. The number of aromatic nitrogens is 1. The molecule has 1 heterocycles. The van der Waals surface area contributed by atoms with Crippen molar-refractivity contribution in [2.24, 2.45) is 4.99 Å². The highest BCUT2D eigenvalue weighted by molar-refractivity contribution is 5.86. The molecule has 0 radical (unpaired) electrons. The number of benzene rings is 1. The predicted molar refractivity (Wildman–Crippen MR) is 114 cm³/mol. The van der Waals surface area contributed by atoms with Crippen molar-refractivity contribution in [1.82, 2.24) is 20.5 Å². The number of likely N-dealkylation sites (N-methyl/N-ethyl adjacent to an activating group) is 1. The van der Waals surface area contributed by atoms with E-state index in [2.05, 4.69) is 20.6 Å². The van der Waals surface area contributed by atoms with E-state index in [4.69, 9.17) is 9.15 Å². The minimum absolute atomic E-state index is 0.0306. The number of carbonyl (C=O) groups is 1. The predicted octanol–water partition coefficient (Wildman–Crippen LogP) is 2.20. The molecule has 0 bridgehead atoms. The average molecular weight is 402 g/mol. The molecule has 0 aliphatic rings. The first-order valence-electron chi connectivity index (χ1n) is 9.81. The van der Waals surface area contributed by atoms with Crippen LogP contribution in [0.15, 0.2) is 39.9 Å². The maximum Gasteiger partial charge on any atom is 0.241 e. The number of hydrogen-bond donors (Lipinski definition) is 2. The fourth-order valence-electron chi connectivity index (χ4n) is 2.39. The van der Waals surface area contributed by atoms with Gasteiger partial charge in [-0.1, -0.05) is 17.7 Å². The Bertz CT molecular complexity index is 784. The summed E-state index contributed by atoms with van der Waals surface area (Å²) in [6.07, 6.45) is 2.45. The summed E-state index contributed by atoms with van der Waals surface area (Å²) in [6.45, 7) is 6.58. The second kappa shape index (κ2) is 11.9. The highest BCUT2D eigenvalue weighted by Crippen LogP contribution is 2.19. The number of rotatable bonds is 10. The molecule has 8 heteroatoms. The van der Waals surface area contributed by atoms with Crippen LogP contribution in [0.1, 0.15) is 24.6 Å². The maximum absolute atomic E-state index is 11.9. The van der Waals surface area contributed by atoms with Gasteiger partial charge in [-0.25, -0.2) is 9.98 Å². The van der Waals surface area contributed by atoms with Gasteiger partial charge in [0.25, 0.3) is 0 Å². The number of nitrogens with one attached hydrogen (secondary N) is 2. The van der Waals surface area contributed by atoms with Gasteiger partial charge in [0.1, 0.15) is 12.0 Å². The van der Waals surface area contributed by atoms with Crippen molar-refractivity contribution in [3.63, 3.8) is 0 Å². The molecule has 0 atom stereocenters. The van der Waals surface area contributed by atoms with Gasteiger partial charge in [-0.3, -0.25) is 4.79 Å². The van der Waals surface area contributed by atoms with Crippen LogP contribution in [0.5, 0.6) is 0 Å². The Labute approximate surface area is 172 Å². The molecule has 29 heavy (non-hydrogen) atoms. The van der Waals surface area contributed by atoms with Gasteiger partial charge in [-0.2, -0.15) is 0 Å². The van der Waals surface area contributed by atoms with Crippen molar-refractivity contribution >= 4 is 11.9 Å². The molecule has 0 aliphatic heterocycles. The van der Waals surface area contributed by atoms with Gasteiger partial charge in [0.05, 0.1) is 13.1 Å². The van der Waals surface area contributed by atoms with Crippen molar-refractivity contribution in [1.29, 1.82) is 0 Å². The van der Waals surface area contributed by atoms with Gasteiger partial charge in [-0.15, -0.1) is 0 Å². The van der Waals surface area contributed by atoms with Crippen LogP contribution < -0.4 is 10.6 Å². The minimum atomic E-state index is -0.0306. The lowest BCUT2D eigenvalue weighted by molar-refractivity contribution is -0.127. The average Bonchev–Trinajstić information content (AvgIpc) is 3.18. The van der Waals surface area contributed by atoms with Gasteiger partial charge in [-0.05, 0) is 32.4 Å². The number of ether oxygens (including phenoxy) is 1. The van der Waals surface area contributed by atoms with E-state index in [0.29, 0.717) is 38.2 Å². The topological polar surface area (TPSA) is 92.0 Å². The largest absolute Gasteiger partial charge is 0.444 e. The normalized spacial score (nSPS) is 11.4. The molecular weight excluding hydrogens is 370 g/mol. The molecule has 0 fully saturated rings. The van der Waals surface area contributed by atoms with Crippen LogP contribution in [0.4, 0.5) is 0 Å². The summed E-state index contributed by atoms with van der Waals surface area (Å²) in [5.41, 5.74) is 2.83. The summed E-state index contributed by atoms with van der Waals surface area (Å²) in [7, 11) is 3.44. The number of carbonyl (C=O) groups excluding carboxylic acids is 1. The molecule has 1 amide bonds. The second-order valence-electron chi connectivity index (χ2n) is 6.79. The van der Waals surface area contributed by atoms with Crippen molar-refractivity contribution in [3.05, 3.63) is 41.8 Å². The molecule has 0 aliphatic carbocycles. The number of aryl methyl sites for hydroxylation is 1. The Hall–Kier alpha value is -2.87. The van der Waals surface area contributed by atoms with Crippen LogP contribution >= 0.6 is 0 Å². The van der Waals surface area contributed by atoms with Crippen molar-refractivity contribution in [3.8, 4) is 11.5 Å². The Balaban J connectivity index is 1.97. The highest BCUT2D eigenvalue weighted by Gasteiger charge is 2.08. The van der Waals surface area contributed by atoms with Gasteiger partial charge in [0, 0.05) is 39.4 Å². The monoisotopic (exact) mass is 401 g/mol. The number of nitrogens with zero attached hydrogens (tertiary/aromatic N) is 3. The van der Waals surface area contributed by atoms with Gasteiger partial charge in [0.2, 0.25) is 11.8 Å². The number of aliphatic imine (C=N–C) groups is 1. The van der Waals surface area contributed by atoms with Crippen LogP contribution in [0, 0.1) is 6.92 Å². The van der Waals surface area contributed by atoms with Crippen molar-refractivity contribution in [2.45, 2.75) is 26.8 Å². The van der Waals surface area contributed by atoms with Crippen LogP contribution in [0.25, 0.3) is 11.5 Å². The van der Waals surface area contributed by atoms with E-state index < -0.39 is 0 Å². The molecule has 8 nitrogen and oxygen atoms in total. The molecule has 158 valence electrons. The SMILES string of the molecule is CCOCCCNC(=NCc1coc(-c2ccc(C)cc2)n1)NCC(=O)N(C)C. The standard InChI is InChI=1S/C21H31N5O3/c1-5-28-12-6-11-22-21(24-14-19(27)26(3)4)23-13-18-15-29-20(25-18)17-9-7-16(2)8-10-17/h7-10,15H,5-6,11-14H2,1-4H3,(H2,22,23,24). The van der Waals surface area contributed by atoms with E-state index in [0.717, 1.165) is 17.7 Å². The molecule has 2 rings (SSSR count). The fourth-order valence-corrected chi connectivity index (χ4v) is 2.39. The van der Waals surface area contributed by atoms with E-state index in [1.54, 1.807) is 20.4 Å². The summed E-state index contributed by atoms with van der Waals surface area (Å²) in [4.78, 5) is 22.4. The van der Waals surface area contributed by atoms with Gasteiger partial charge >= 0.3 is 0 Å². The molecule has 0 unspecified atom stereocenters. The Morgan fingerprint density at radius 1 is 1.24 bits per heavy atom. The van der Waals surface area contributed by atoms with Crippen LogP contribution in [-0.4, -0.2) is 62.1 Å². The second-order valence-corrected chi connectivity index (χ2v) is 6.79.